The summed E-state index contributed by atoms with van der Waals surface area (Å²) >= 11 is 0. The molecule has 19 heavy (non-hydrogen) atoms. The van der Waals surface area contributed by atoms with Crippen LogP contribution in [0.1, 0.15) is 30.2 Å². The summed E-state index contributed by atoms with van der Waals surface area (Å²) in [6, 6.07) is 2.81. The zero-order chi connectivity index (χ0) is 13.4. The number of pyridine rings is 1. The molecule has 2 N–H and O–H groups in total. The molecule has 0 saturated carbocycles. The van der Waals surface area contributed by atoms with Gasteiger partial charge in [-0.05, 0) is 6.07 Å². The third-order valence-electron chi connectivity index (χ3n) is 3.08. The number of hydrogen-bond acceptors (Lipinski definition) is 3. The number of aliphatic hydroxyl groups excluding tert-OH is 1. The van der Waals surface area contributed by atoms with Crippen LogP contribution in [0.15, 0.2) is 35.2 Å². The number of aryl methyl sites for hydroxylation is 1. The summed E-state index contributed by atoms with van der Waals surface area (Å²) in [5.74, 6) is -0.0567. The molecule has 0 spiro atoms. The number of aliphatic hydroxyl groups is 1. The van der Waals surface area contributed by atoms with Gasteiger partial charge in [-0.25, -0.2) is 4.98 Å². The lowest BCUT2D eigenvalue weighted by molar-refractivity contribution is -0.538. The quantitative estimate of drug-likeness (QED) is 0.703. The topological polar surface area (TPSA) is 66.2 Å². The molecule has 5 nitrogen and oxygen atoms in total. The normalized spacial score (nSPS) is 13.0. The Labute approximate surface area is 108 Å². The Morgan fingerprint density at radius 1 is 1.53 bits per heavy atom. The van der Waals surface area contributed by atoms with E-state index in [9.17, 15) is 9.50 Å². The van der Waals surface area contributed by atoms with Crippen LogP contribution < -0.4 is 4.40 Å². The third kappa shape index (κ3) is 1.80. The first-order chi connectivity index (χ1) is 9.22. The molecule has 3 aromatic rings. The Balaban J connectivity index is 2.23. The summed E-state index contributed by atoms with van der Waals surface area (Å²) in [6.07, 6.45) is 4.38. The van der Waals surface area contributed by atoms with Gasteiger partial charge in [-0.3, -0.25) is 0 Å². The van der Waals surface area contributed by atoms with Crippen LogP contribution in [0, 0.1) is 5.82 Å². The van der Waals surface area contributed by atoms with Crippen LogP contribution >= 0.6 is 0 Å². The number of hydrogen-bond donors (Lipinski definition) is 2. The molecule has 0 aliphatic heterocycles. The molecule has 0 aliphatic rings. The monoisotopic (exact) mass is 262 g/mol. The lowest BCUT2D eigenvalue weighted by atomic mass is 10.2. The fourth-order valence-corrected chi connectivity index (χ4v) is 2.13. The van der Waals surface area contributed by atoms with E-state index >= 15 is 0 Å². The van der Waals surface area contributed by atoms with Gasteiger partial charge in [0.05, 0.1) is 0 Å². The number of rotatable bonds is 3. The molecule has 0 fully saturated rings. The van der Waals surface area contributed by atoms with E-state index in [2.05, 4.69) is 9.97 Å². The Hall–Kier alpha value is -2.21. The number of fused-ring (bicyclic) bond motifs is 1. The van der Waals surface area contributed by atoms with Gasteiger partial charge < -0.3 is 14.5 Å². The van der Waals surface area contributed by atoms with Crippen molar-refractivity contribution in [3.63, 3.8) is 0 Å². The first kappa shape index (κ1) is 11.9. The predicted molar refractivity (Wildman–Crippen MR) is 63.9 cm³/mol. The van der Waals surface area contributed by atoms with Gasteiger partial charge in [0.25, 0.3) is 0 Å². The maximum Gasteiger partial charge on any atom is 0.416 e. The van der Waals surface area contributed by atoms with E-state index in [1.54, 1.807) is 16.8 Å². The molecule has 1 unspecified atom stereocenters. The first-order valence-electron chi connectivity index (χ1n) is 6.00. The van der Waals surface area contributed by atoms with Crippen molar-refractivity contribution in [3.8, 4) is 0 Å². The van der Waals surface area contributed by atoms with Gasteiger partial charge in [0.1, 0.15) is 5.82 Å². The van der Waals surface area contributed by atoms with E-state index in [1.807, 2.05) is 6.92 Å². The van der Waals surface area contributed by atoms with Crippen LogP contribution in [-0.4, -0.2) is 15.1 Å². The van der Waals surface area contributed by atoms with Crippen LogP contribution in [0.2, 0.25) is 0 Å². The van der Waals surface area contributed by atoms with Crippen molar-refractivity contribution in [2.24, 2.45) is 0 Å². The molecule has 0 aliphatic carbocycles. The van der Waals surface area contributed by atoms with Crippen molar-refractivity contribution in [2.75, 3.05) is 0 Å². The second-order valence-corrected chi connectivity index (χ2v) is 4.20. The highest BCUT2D eigenvalue weighted by Gasteiger charge is 2.29. The number of nitrogens with one attached hydrogen (secondary N) is 1. The Morgan fingerprint density at radius 3 is 3.05 bits per heavy atom. The van der Waals surface area contributed by atoms with E-state index in [4.69, 9.17) is 4.42 Å². The smallest absolute Gasteiger partial charge is 0.404 e. The number of halogens is 1. The van der Waals surface area contributed by atoms with Crippen molar-refractivity contribution in [2.45, 2.75) is 19.4 Å². The highest BCUT2D eigenvalue weighted by atomic mass is 19.1. The second-order valence-electron chi connectivity index (χ2n) is 4.20. The molecule has 0 bridgehead atoms. The SMILES string of the molecule is CCc1coc2c(F)ccc(C(O)c3ncc[nH]3)[n+]12. The van der Waals surface area contributed by atoms with Crippen molar-refractivity contribution < 1.29 is 18.3 Å². The lowest BCUT2D eigenvalue weighted by Crippen LogP contribution is -2.32. The standard InChI is InChI=1S/C13H13FN3O2/c1-2-8-7-19-13-9(14)3-4-10(17(8)13)11(18)12-15-5-6-16-12/h3-7,11,18H,2H2,1H3,(H,15,16)/q+1. The average Bonchev–Trinajstić information content (AvgIpc) is 3.08. The molecule has 3 aromatic heterocycles. The Bertz CT molecular complexity index is 706. The molecular weight excluding hydrogens is 249 g/mol. The molecule has 0 saturated heterocycles. The van der Waals surface area contributed by atoms with Crippen LogP contribution in [-0.2, 0) is 6.42 Å². The number of aromatic nitrogens is 3. The molecule has 6 heteroatoms. The minimum atomic E-state index is -0.967. The summed E-state index contributed by atoms with van der Waals surface area (Å²) in [5.41, 5.74) is 1.40. The van der Waals surface area contributed by atoms with Gasteiger partial charge in [0.15, 0.2) is 12.4 Å². The summed E-state index contributed by atoms with van der Waals surface area (Å²) in [6.45, 7) is 1.94. The largest absolute Gasteiger partial charge is 0.416 e. The van der Waals surface area contributed by atoms with Crippen molar-refractivity contribution in [1.29, 1.82) is 0 Å². The van der Waals surface area contributed by atoms with Crippen LogP contribution in [0.5, 0.6) is 0 Å². The van der Waals surface area contributed by atoms with Gasteiger partial charge in [0, 0.05) is 24.9 Å². The summed E-state index contributed by atoms with van der Waals surface area (Å²) in [7, 11) is 0. The fraction of sp³-hybridized carbons (Fsp3) is 0.231. The Kier molecular flexibility index (Phi) is 2.79. The second kappa shape index (κ2) is 4.47. The van der Waals surface area contributed by atoms with Gasteiger partial charge >= 0.3 is 5.71 Å². The van der Waals surface area contributed by atoms with Crippen molar-refractivity contribution in [3.05, 3.63) is 53.8 Å². The van der Waals surface area contributed by atoms with Crippen LogP contribution in [0.3, 0.4) is 0 Å². The van der Waals surface area contributed by atoms with Gasteiger partial charge in [-0.2, -0.15) is 4.39 Å². The van der Waals surface area contributed by atoms with Gasteiger partial charge in [-0.15, -0.1) is 4.40 Å². The highest BCUT2D eigenvalue weighted by molar-refractivity contribution is 5.30. The van der Waals surface area contributed by atoms with Gasteiger partial charge in [0.2, 0.25) is 17.2 Å². The van der Waals surface area contributed by atoms with Crippen LogP contribution in [0.4, 0.5) is 4.39 Å². The summed E-state index contributed by atoms with van der Waals surface area (Å²) in [5, 5.41) is 10.3. The van der Waals surface area contributed by atoms with E-state index in [0.717, 1.165) is 5.69 Å². The number of nitrogens with zero attached hydrogens (tertiary/aromatic N) is 2. The first-order valence-corrected chi connectivity index (χ1v) is 6.00. The summed E-state index contributed by atoms with van der Waals surface area (Å²) < 4.78 is 20.5. The van der Waals surface area contributed by atoms with E-state index in [-0.39, 0.29) is 5.71 Å². The minimum absolute atomic E-state index is 0.0972. The molecular formula is C13H13FN3O2+. The molecule has 0 amide bonds. The summed E-state index contributed by atoms with van der Waals surface area (Å²) in [4.78, 5) is 6.86. The minimum Gasteiger partial charge on any atom is -0.404 e. The molecule has 0 aromatic carbocycles. The predicted octanol–water partition coefficient (Wildman–Crippen LogP) is 1.52. The van der Waals surface area contributed by atoms with Gasteiger partial charge in [-0.1, -0.05) is 6.92 Å². The molecule has 1 atom stereocenters. The third-order valence-corrected chi connectivity index (χ3v) is 3.08. The zero-order valence-electron chi connectivity index (χ0n) is 10.3. The lowest BCUT2D eigenvalue weighted by Gasteiger charge is -2.04. The average molecular weight is 262 g/mol. The maximum atomic E-state index is 13.7. The number of oxazole rings is 1. The van der Waals surface area contributed by atoms with Crippen molar-refractivity contribution >= 4 is 5.71 Å². The number of aromatic amines is 1. The highest BCUT2D eigenvalue weighted by Crippen LogP contribution is 2.19. The molecule has 3 rings (SSSR count). The van der Waals surface area contributed by atoms with E-state index in [0.29, 0.717) is 17.9 Å². The fourth-order valence-electron chi connectivity index (χ4n) is 2.13. The zero-order valence-corrected chi connectivity index (χ0v) is 10.3. The molecule has 0 radical (unpaired) electrons. The van der Waals surface area contributed by atoms with Crippen LogP contribution in [0.25, 0.3) is 5.71 Å². The molecule has 98 valence electrons. The molecule has 3 heterocycles. The van der Waals surface area contributed by atoms with Crippen molar-refractivity contribution in [1.82, 2.24) is 9.97 Å². The number of imidazole rings is 1. The van der Waals surface area contributed by atoms with E-state index < -0.39 is 11.9 Å². The number of H-pyrrole nitrogens is 1. The Morgan fingerprint density at radius 2 is 2.37 bits per heavy atom. The van der Waals surface area contributed by atoms with E-state index in [1.165, 1.54) is 18.4 Å². The maximum absolute atomic E-state index is 13.7.